The van der Waals surface area contributed by atoms with Crippen molar-refractivity contribution >= 4 is 24.1 Å². The molecule has 0 spiro atoms. The Morgan fingerprint density at radius 2 is 1.31 bits per heavy atom. The minimum absolute atomic E-state index is 0.163. The molecule has 2 aromatic carbocycles. The van der Waals surface area contributed by atoms with Crippen LogP contribution in [0.1, 0.15) is 18.1 Å². The summed E-state index contributed by atoms with van der Waals surface area (Å²) < 4.78 is 10.0. The van der Waals surface area contributed by atoms with Crippen LogP contribution in [-0.2, 0) is 19.1 Å². The Bertz CT molecular complexity index is 946. The van der Waals surface area contributed by atoms with Crippen LogP contribution >= 0.6 is 0 Å². The third kappa shape index (κ3) is 6.94. The van der Waals surface area contributed by atoms with Crippen LogP contribution in [0.25, 0.3) is 12.2 Å². The highest BCUT2D eigenvalue weighted by Crippen LogP contribution is 2.26. The number of phenolic OH excluding ortho intramolecular Hbond substituents is 4. The van der Waals surface area contributed by atoms with E-state index >= 15 is 0 Å². The summed E-state index contributed by atoms with van der Waals surface area (Å²) in [6.07, 6.45) is 4.37. The van der Waals surface area contributed by atoms with E-state index in [1.807, 2.05) is 0 Å². The molecule has 2 aromatic rings. The van der Waals surface area contributed by atoms with Crippen LogP contribution < -0.4 is 0 Å². The van der Waals surface area contributed by atoms with E-state index in [-0.39, 0.29) is 29.6 Å². The number of phenols is 4. The van der Waals surface area contributed by atoms with Gasteiger partial charge in [-0.15, -0.1) is 0 Å². The van der Waals surface area contributed by atoms with Crippen LogP contribution in [0.5, 0.6) is 23.0 Å². The number of ether oxygens (including phenoxy) is 2. The first-order chi connectivity index (χ1) is 13.7. The molecule has 152 valence electrons. The first kappa shape index (κ1) is 21.4. The van der Waals surface area contributed by atoms with Gasteiger partial charge in [0, 0.05) is 12.2 Å². The van der Waals surface area contributed by atoms with Crippen molar-refractivity contribution < 1.29 is 39.5 Å². The van der Waals surface area contributed by atoms with Gasteiger partial charge in [-0.05, 0) is 54.5 Å². The van der Waals surface area contributed by atoms with Gasteiger partial charge >= 0.3 is 11.9 Å². The minimum Gasteiger partial charge on any atom is -0.504 e. The largest absolute Gasteiger partial charge is 0.504 e. The zero-order valence-electron chi connectivity index (χ0n) is 15.5. The van der Waals surface area contributed by atoms with Gasteiger partial charge in [-0.25, -0.2) is 9.59 Å². The normalized spacial score (nSPS) is 12.2. The minimum atomic E-state index is -0.699. The summed E-state index contributed by atoms with van der Waals surface area (Å²) in [6.45, 7) is 1.39. The van der Waals surface area contributed by atoms with Crippen molar-refractivity contribution in [1.29, 1.82) is 0 Å². The highest BCUT2D eigenvalue weighted by molar-refractivity contribution is 5.88. The molecule has 0 fully saturated rings. The summed E-state index contributed by atoms with van der Waals surface area (Å²) in [7, 11) is 0. The Balaban J connectivity index is 1.78. The number of benzene rings is 2. The maximum Gasteiger partial charge on any atom is 0.331 e. The molecule has 1 atom stereocenters. The lowest BCUT2D eigenvalue weighted by Gasteiger charge is -2.11. The summed E-state index contributed by atoms with van der Waals surface area (Å²) >= 11 is 0. The summed E-state index contributed by atoms with van der Waals surface area (Å²) in [5, 5.41) is 37.3. The number of rotatable bonds is 7. The van der Waals surface area contributed by atoms with Crippen LogP contribution in [0.4, 0.5) is 0 Å². The van der Waals surface area contributed by atoms with Gasteiger partial charge in [0.15, 0.2) is 23.0 Å². The van der Waals surface area contributed by atoms with Crippen molar-refractivity contribution in [3.05, 3.63) is 59.7 Å². The summed E-state index contributed by atoms with van der Waals surface area (Å²) in [6, 6.07) is 8.15. The number of hydrogen-bond acceptors (Lipinski definition) is 8. The molecule has 0 aromatic heterocycles. The summed E-state index contributed by atoms with van der Waals surface area (Å²) in [5.74, 6) is -2.49. The highest BCUT2D eigenvalue weighted by atomic mass is 16.6. The Morgan fingerprint density at radius 1 is 0.828 bits per heavy atom. The van der Waals surface area contributed by atoms with Crippen LogP contribution in [-0.4, -0.2) is 45.1 Å². The molecule has 0 aliphatic rings. The van der Waals surface area contributed by atoms with Crippen molar-refractivity contribution in [2.75, 3.05) is 6.61 Å². The SMILES string of the molecule is C[C@H](COC(=O)/C=C/c1ccc(O)c(O)c1)OC(=O)/C=C/c1ccc(O)c(O)c1. The van der Waals surface area contributed by atoms with Gasteiger partial charge in [0.1, 0.15) is 12.7 Å². The molecule has 0 radical (unpaired) electrons. The number of carbonyl (C=O) groups is 2. The zero-order chi connectivity index (χ0) is 21.4. The third-order valence-electron chi connectivity index (χ3n) is 3.60. The van der Waals surface area contributed by atoms with Crippen molar-refractivity contribution in [3.8, 4) is 23.0 Å². The fourth-order valence-electron chi connectivity index (χ4n) is 2.14. The summed E-state index contributed by atoms with van der Waals surface area (Å²) in [4.78, 5) is 23.5. The number of esters is 2. The second-order valence-corrected chi connectivity index (χ2v) is 6.04. The molecule has 0 saturated carbocycles. The maximum absolute atomic E-state index is 11.8. The first-order valence-corrected chi connectivity index (χ1v) is 8.52. The molecule has 0 bridgehead atoms. The molecule has 8 nitrogen and oxygen atoms in total. The maximum atomic E-state index is 11.8. The van der Waals surface area contributed by atoms with Crippen LogP contribution in [0.3, 0.4) is 0 Å². The van der Waals surface area contributed by atoms with Crippen molar-refractivity contribution in [1.82, 2.24) is 0 Å². The average molecular weight is 400 g/mol. The van der Waals surface area contributed by atoms with E-state index in [0.29, 0.717) is 11.1 Å². The quantitative estimate of drug-likeness (QED) is 0.317. The number of aromatic hydroxyl groups is 4. The molecule has 2 rings (SSSR count). The van der Waals surface area contributed by atoms with Crippen molar-refractivity contribution in [2.45, 2.75) is 13.0 Å². The van der Waals surface area contributed by atoms with E-state index in [2.05, 4.69) is 0 Å². The molecule has 4 N–H and O–H groups in total. The Morgan fingerprint density at radius 3 is 1.79 bits per heavy atom. The van der Waals surface area contributed by atoms with E-state index < -0.39 is 18.0 Å². The molecule has 8 heteroatoms. The van der Waals surface area contributed by atoms with Crippen molar-refractivity contribution in [2.24, 2.45) is 0 Å². The standard InChI is InChI=1S/C21H20O8/c1-13(29-21(27)9-5-15-3-7-17(23)19(25)11-15)12-28-20(26)8-4-14-2-6-16(22)18(24)10-14/h2-11,13,22-25H,12H2,1H3/b8-4+,9-5+/t13-/m1/s1. The fraction of sp³-hybridized carbons (Fsp3) is 0.143. The molecule has 0 saturated heterocycles. The number of carbonyl (C=O) groups excluding carboxylic acids is 2. The Labute approximate surface area is 166 Å². The second-order valence-electron chi connectivity index (χ2n) is 6.04. The van der Waals surface area contributed by atoms with Gasteiger partial charge in [-0.1, -0.05) is 12.1 Å². The monoisotopic (exact) mass is 400 g/mol. The van der Waals surface area contributed by atoms with Gasteiger partial charge < -0.3 is 29.9 Å². The first-order valence-electron chi connectivity index (χ1n) is 8.52. The molecule has 29 heavy (non-hydrogen) atoms. The van der Waals surface area contributed by atoms with E-state index in [4.69, 9.17) is 9.47 Å². The Kier molecular flexibility index (Phi) is 7.25. The molecular weight excluding hydrogens is 380 g/mol. The van der Waals surface area contributed by atoms with Crippen LogP contribution in [0, 0.1) is 0 Å². The van der Waals surface area contributed by atoms with E-state index in [1.54, 1.807) is 6.92 Å². The lowest BCUT2D eigenvalue weighted by Crippen LogP contribution is -2.20. The van der Waals surface area contributed by atoms with E-state index in [9.17, 15) is 30.0 Å². The highest BCUT2D eigenvalue weighted by Gasteiger charge is 2.09. The third-order valence-corrected chi connectivity index (χ3v) is 3.60. The summed E-state index contributed by atoms with van der Waals surface area (Å²) in [5.41, 5.74) is 0.976. The average Bonchev–Trinajstić information content (AvgIpc) is 2.68. The molecular formula is C21H20O8. The molecule has 0 amide bonds. The van der Waals surface area contributed by atoms with Crippen molar-refractivity contribution in [3.63, 3.8) is 0 Å². The molecule has 0 heterocycles. The smallest absolute Gasteiger partial charge is 0.331 e. The molecule has 0 aliphatic heterocycles. The fourth-order valence-corrected chi connectivity index (χ4v) is 2.14. The van der Waals surface area contributed by atoms with Gasteiger partial charge in [0.25, 0.3) is 0 Å². The predicted molar refractivity (Wildman–Crippen MR) is 104 cm³/mol. The lowest BCUT2D eigenvalue weighted by molar-refractivity contribution is -0.151. The molecule has 0 aliphatic carbocycles. The van der Waals surface area contributed by atoms with Crippen LogP contribution in [0.2, 0.25) is 0 Å². The predicted octanol–water partition coefficient (Wildman–Crippen LogP) is 2.71. The Hall–Kier alpha value is -3.94. The zero-order valence-corrected chi connectivity index (χ0v) is 15.5. The van der Waals surface area contributed by atoms with Gasteiger partial charge in [0.2, 0.25) is 0 Å². The van der Waals surface area contributed by atoms with Gasteiger partial charge in [-0.2, -0.15) is 0 Å². The lowest BCUT2D eigenvalue weighted by atomic mass is 10.2. The number of hydrogen-bond donors (Lipinski definition) is 4. The topological polar surface area (TPSA) is 134 Å². The van der Waals surface area contributed by atoms with E-state index in [0.717, 1.165) is 12.2 Å². The van der Waals surface area contributed by atoms with Gasteiger partial charge in [0.05, 0.1) is 0 Å². The van der Waals surface area contributed by atoms with Crippen LogP contribution in [0.15, 0.2) is 48.6 Å². The van der Waals surface area contributed by atoms with Gasteiger partial charge in [-0.3, -0.25) is 0 Å². The van der Waals surface area contributed by atoms with E-state index in [1.165, 1.54) is 48.6 Å². The molecule has 0 unspecified atom stereocenters. The second kappa shape index (κ2) is 9.84.